The van der Waals surface area contributed by atoms with Crippen LogP contribution < -0.4 is 0 Å². The molecule has 0 spiro atoms. The van der Waals surface area contributed by atoms with Gasteiger partial charge in [-0.05, 0) is 89.9 Å². The highest BCUT2D eigenvalue weighted by molar-refractivity contribution is 7.47. The van der Waals surface area contributed by atoms with Gasteiger partial charge < -0.3 is 18.9 Å². The van der Waals surface area contributed by atoms with Crippen molar-refractivity contribution >= 4 is 13.8 Å². The van der Waals surface area contributed by atoms with Crippen LogP contribution in [0.15, 0.2) is 85.1 Å². The van der Waals surface area contributed by atoms with Crippen LogP contribution in [0, 0.1) is 0 Å². The Labute approximate surface area is 382 Å². The predicted octanol–water partition coefficient (Wildman–Crippen LogP) is 15.2. The summed E-state index contributed by atoms with van der Waals surface area (Å²) < 4.78 is 35.1. The minimum Gasteiger partial charge on any atom is -0.457 e. The molecule has 0 rings (SSSR count). The first-order chi connectivity index (χ1) is 30.1. The molecule has 0 saturated carbocycles. The molecule has 0 aliphatic heterocycles. The maximum atomic E-state index is 12.7. The van der Waals surface area contributed by atoms with E-state index in [4.69, 9.17) is 18.5 Å². The molecule has 0 aromatic rings. The summed E-state index contributed by atoms with van der Waals surface area (Å²) >= 11 is 0. The van der Waals surface area contributed by atoms with E-state index in [0.29, 0.717) is 24.1 Å². The van der Waals surface area contributed by atoms with Gasteiger partial charge in [-0.1, -0.05) is 176 Å². The Morgan fingerprint density at radius 2 is 0.935 bits per heavy atom. The highest BCUT2D eigenvalue weighted by Gasteiger charge is 2.26. The van der Waals surface area contributed by atoms with Crippen molar-refractivity contribution in [3.05, 3.63) is 85.1 Å². The number of rotatable bonds is 45. The first-order valence-corrected chi connectivity index (χ1v) is 26.3. The van der Waals surface area contributed by atoms with Crippen LogP contribution in [-0.4, -0.2) is 75.6 Å². The molecule has 0 aromatic carbocycles. The second-order valence-electron chi connectivity index (χ2n) is 17.5. The van der Waals surface area contributed by atoms with Crippen LogP contribution in [0.25, 0.3) is 0 Å². The van der Waals surface area contributed by atoms with Gasteiger partial charge in [-0.15, -0.1) is 0 Å². The highest BCUT2D eigenvalue weighted by atomic mass is 31.2. The van der Waals surface area contributed by atoms with E-state index in [1.54, 1.807) is 0 Å². The maximum Gasteiger partial charge on any atom is 0.472 e. The van der Waals surface area contributed by atoms with Crippen LogP contribution in [0.2, 0.25) is 0 Å². The van der Waals surface area contributed by atoms with Gasteiger partial charge in [0, 0.05) is 13.0 Å². The van der Waals surface area contributed by atoms with Gasteiger partial charge in [0.05, 0.1) is 34.4 Å². The lowest BCUT2D eigenvalue weighted by atomic mass is 10.1. The summed E-state index contributed by atoms with van der Waals surface area (Å²) in [5, 5.41) is 0. The monoisotopic (exact) mass is 889 g/mol. The van der Waals surface area contributed by atoms with E-state index in [2.05, 4.69) is 98.9 Å². The number of ether oxygens (including phenoxy) is 2. The number of quaternary nitrogens is 1. The minimum atomic E-state index is -4.29. The number of unbranched alkanes of at least 4 members (excludes halogenated alkanes) is 17. The standard InChI is InChI=1S/C53H94NO7P/c1-6-8-10-12-14-16-18-20-22-24-25-26-27-28-29-30-32-34-36-38-40-42-44-46-53(55)61-52(51-60-62(56,57)59-49-47-54(3,4)5)50-58-48-45-43-41-39-37-35-33-31-23-21-19-17-15-13-11-9-7-2/h8,10,14,16,20,22-23,25-26,28-29,31-32,34,52H,6-7,9,11-13,15,17-19,21,24,27,30,33,35-51H2,1-5H3/p+1/b10-8-,16-14-,22-20-,26-25-,29-28-,31-23-,34-32-. The van der Waals surface area contributed by atoms with Crippen molar-refractivity contribution in [3.8, 4) is 0 Å². The zero-order valence-corrected chi connectivity index (χ0v) is 41.5. The van der Waals surface area contributed by atoms with Gasteiger partial charge in [-0.3, -0.25) is 13.8 Å². The van der Waals surface area contributed by atoms with Crippen molar-refractivity contribution in [2.24, 2.45) is 0 Å². The van der Waals surface area contributed by atoms with E-state index in [0.717, 1.165) is 83.5 Å². The second-order valence-corrected chi connectivity index (χ2v) is 18.9. The lowest BCUT2D eigenvalue weighted by Crippen LogP contribution is -2.37. The predicted molar refractivity (Wildman–Crippen MR) is 265 cm³/mol. The summed E-state index contributed by atoms with van der Waals surface area (Å²) in [6.07, 6.45) is 60.5. The van der Waals surface area contributed by atoms with Gasteiger partial charge in [0.25, 0.3) is 0 Å². The Morgan fingerprint density at radius 1 is 0.516 bits per heavy atom. The average molecular weight is 889 g/mol. The molecule has 2 unspecified atom stereocenters. The Kier molecular flexibility index (Phi) is 43.6. The van der Waals surface area contributed by atoms with Crippen LogP contribution in [0.1, 0.15) is 187 Å². The molecule has 0 aliphatic rings. The van der Waals surface area contributed by atoms with E-state index < -0.39 is 13.9 Å². The third-order valence-electron chi connectivity index (χ3n) is 10.2. The fraction of sp³-hybridized carbons (Fsp3) is 0.717. The van der Waals surface area contributed by atoms with Crippen LogP contribution in [-0.2, 0) is 27.9 Å². The van der Waals surface area contributed by atoms with Crippen molar-refractivity contribution in [2.45, 2.75) is 193 Å². The van der Waals surface area contributed by atoms with Gasteiger partial charge in [0.1, 0.15) is 19.3 Å². The van der Waals surface area contributed by atoms with Crippen LogP contribution >= 0.6 is 7.82 Å². The topological polar surface area (TPSA) is 91.3 Å². The molecule has 0 amide bonds. The number of allylic oxidation sites excluding steroid dienone is 14. The number of carbonyl (C=O) groups excluding carboxylic acids is 1. The average Bonchev–Trinajstić information content (AvgIpc) is 3.23. The first kappa shape index (κ1) is 59.7. The van der Waals surface area contributed by atoms with Crippen LogP contribution in [0.3, 0.4) is 0 Å². The van der Waals surface area contributed by atoms with Gasteiger partial charge in [-0.2, -0.15) is 0 Å². The molecule has 0 saturated heterocycles. The fourth-order valence-electron chi connectivity index (χ4n) is 6.37. The van der Waals surface area contributed by atoms with Crippen LogP contribution in [0.5, 0.6) is 0 Å². The van der Waals surface area contributed by atoms with Crippen molar-refractivity contribution in [1.29, 1.82) is 0 Å². The van der Waals surface area contributed by atoms with E-state index in [1.165, 1.54) is 83.5 Å². The molecule has 0 heterocycles. The van der Waals surface area contributed by atoms with Gasteiger partial charge in [0.15, 0.2) is 0 Å². The number of phosphoric acid groups is 1. The second kappa shape index (κ2) is 45.3. The largest absolute Gasteiger partial charge is 0.472 e. The third kappa shape index (κ3) is 48.7. The Morgan fingerprint density at radius 3 is 1.42 bits per heavy atom. The number of esters is 1. The highest BCUT2D eigenvalue weighted by Crippen LogP contribution is 2.43. The molecule has 0 aliphatic carbocycles. The van der Waals surface area contributed by atoms with Crippen LogP contribution in [0.4, 0.5) is 0 Å². The summed E-state index contributed by atoms with van der Waals surface area (Å²) in [6, 6.07) is 0. The zero-order chi connectivity index (χ0) is 45.5. The normalized spacial score (nSPS) is 14.4. The molecule has 8 nitrogen and oxygen atoms in total. The Hall–Kier alpha value is -2.32. The smallest absolute Gasteiger partial charge is 0.457 e. The number of phosphoric ester groups is 1. The number of carbonyl (C=O) groups is 1. The molecule has 0 aromatic heterocycles. The maximum absolute atomic E-state index is 12.7. The molecular weight excluding hydrogens is 794 g/mol. The molecule has 9 heteroatoms. The summed E-state index contributed by atoms with van der Waals surface area (Å²) in [7, 11) is 1.63. The molecule has 0 bridgehead atoms. The van der Waals surface area contributed by atoms with E-state index in [1.807, 2.05) is 21.1 Å². The molecule has 2 atom stereocenters. The summed E-state index contributed by atoms with van der Waals surface area (Å²) in [5.41, 5.74) is 0. The Balaban J connectivity index is 4.26. The molecule has 358 valence electrons. The van der Waals surface area contributed by atoms with E-state index in [9.17, 15) is 14.3 Å². The van der Waals surface area contributed by atoms with Crippen molar-refractivity contribution in [1.82, 2.24) is 0 Å². The number of nitrogens with zero attached hydrogens (tertiary/aromatic N) is 1. The van der Waals surface area contributed by atoms with Crippen molar-refractivity contribution in [3.63, 3.8) is 0 Å². The molecule has 0 fully saturated rings. The van der Waals surface area contributed by atoms with E-state index >= 15 is 0 Å². The van der Waals surface area contributed by atoms with Gasteiger partial charge in [0.2, 0.25) is 0 Å². The number of likely N-dealkylation sites (N-methyl/N-ethyl adjacent to an activating group) is 1. The third-order valence-corrected chi connectivity index (χ3v) is 11.2. The molecular formula is C53H95NO7P+. The van der Waals surface area contributed by atoms with Gasteiger partial charge >= 0.3 is 13.8 Å². The molecule has 62 heavy (non-hydrogen) atoms. The van der Waals surface area contributed by atoms with Crippen molar-refractivity contribution < 1.29 is 37.3 Å². The summed E-state index contributed by atoms with van der Waals surface area (Å²) in [4.78, 5) is 23.0. The SMILES string of the molecule is CC/C=C\C/C=C\C/C=C\C/C=C\C/C=C\C/C=C\CCCCCCC(=O)OC(COCCCCCCCC/C=C\CCCCCCCCC)COP(=O)(O)OCC[N+](C)(C)C. The Bertz CT molecular complexity index is 1260. The molecule has 0 radical (unpaired) electrons. The quantitative estimate of drug-likeness (QED) is 0.0214. The molecule has 1 N–H and O–H groups in total. The summed E-state index contributed by atoms with van der Waals surface area (Å²) in [5.74, 6) is -0.342. The minimum absolute atomic E-state index is 0.0777. The summed E-state index contributed by atoms with van der Waals surface area (Å²) in [6.45, 7) is 5.45. The lowest BCUT2D eigenvalue weighted by Gasteiger charge is -2.24. The zero-order valence-electron chi connectivity index (χ0n) is 40.6. The number of hydrogen-bond acceptors (Lipinski definition) is 6. The van der Waals surface area contributed by atoms with Gasteiger partial charge in [-0.25, -0.2) is 4.57 Å². The van der Waals surface area contributed by atoms with Crippen molar-refractivity contribution in [2.75, 3.05) is 54.1 Å². The van der Waals surface area contributed by atoms with E-state index in [-0.39, 0.29) is 25.8 Å². The first-order valence-electron chi connectivity index (χ1n) is 24.8. The fourth-order valence-corrected chi connectivity index (χ4v) is 7.12. The number of hydrogen-bond donors (Lipinski definition) is 1. The lowest BCUT2D eigenvalue weighted by molar-refractivity contribution is -0.870.